The van der Waals surface area contributed by atoms with Gasteiger partial charge in [0.2, 0.25) is 0 Å². The number of hydrogen-bond donors (Lipinski definition) is 0. The number of carbonyl (C=O) groups is 2. The fourth-order valence-corrected chi connectivity index (χ4v) is 4.09. The smallest absolute Gasteiger partial charge is 0.270 e. The zero-order valence-electron chi connectivity index (χ0n) is 17.8. The van der Waals surface area contributed by atoms with Crippen LogP contribution in [-0.4, -0.2) is 31.0 Å². The highest BCUT2D eigenvalue weighted by atomic mass is 35.5. The Balaban J connectivity index is 1.84. The van der Waals surface area contributed by atoms with Gasteiger partial charge in [-0.3, -0.25) is 19.4 Å². The lowest BCUT2D eigenvalue weighted by Crippen LogP contribution is -2.56. The lowest BCUT2D eigenvalue weighted by Gasteiger charge is -2.36. The first-order chi connectivity index (χ1) is 15.8. The largest absolute Gasteiger partial charge is 0.378 e. The Morgan fingerprint density at radius 1 is 0.788 bits per heavy atom. The molecule has 1 aliphatic heterocycles. The van der Waals surface area contributed by atoms with Crippen molar-refractivity contribution in [3.05, 3.63) is 94.0 Å². The Hall–Kier alpha value is -3.19. The summed E-state index contributed by atoms with van der Waals surface area (Å²) in [4.78, 5) is 31.6. The fraction of sp³-hybridized carbons (Fsp3) is 0.0800. The summed E-state index contributed by atoms with van der Waals surface area (Å²) < 4.78 is 0. The Morgan fingerprint density at radius 2 is 1.39 bits per heavy atom. The third-order valence-electron chi connectivity index (χ3n) is 5.15. The Bertz CT molecular complexity index is 1270. The molecule has 0 aliphatic carbocycles. The van der Waals surface area contributed by atoms with Crippen molar-refractivity contribution in [2.75, 3.05) is 28.8 Å². The van der Waals surface area contributed by atoms with Crippen LogP contribution in [0.2, 0.25) is 10.0 Å². The molecule has 3 aromatic rings. The third kappa shape index (κ3) is 4.50. The molecular weight excluding hydrogens is 477 g/mol. The molecule has 166 valence electrons. The molecule has 0 atom stereocenters. The first-order valence-corrected chi connectivity index (χ1v) is 11.2. The summed E-state index contributed by atoms with van der Waals surface area (Å²) in [7, 11) is 3.88. The topological polar surface area (TPSA) is 43.9 Å². The van der Waals surface area contributed by atoms with Gasteiger partial charge >= 0.3 is 0 Å². The van der Waals surface area contributed by atoms with Crippen molar-refractivity contribution < 1.29 is 9.59 Å². The second-order valence-electron chi connectivity index (χ2n) is 7.54. The van der Waals surface area contributed by atoms with Crippen molar-refractivity contribution in [3.63, 3.8) is 0 Å². The van der Waals surface area contributed by atoms with E-state index in [1.165, 1.54) is 9.80 Å². The zero-order chi connectivity index (χ0) is 23.7. The van der Waals surface area contributed by atoms with E-state index in [0.717, 1.165) is 5.69 Å². The van der Waals surface area contributed by atoms with Crippen LogP contribution in [0.3, 0.4) is 0 Å². The van der Waals surface area contributed by atoms with Crippen molar-refractivity contribution in [2.24, 2.45) is 0 Å². The van der Waals surface area contributed by atoms with Crippen molar-refractivity contribution in [1.29, 1.82) is 0 Å². The summed E-state index contributed by atoms with van der Waals surface area (Å²) in [6.07, 6.45) is 1.58. The summed E-state index contributed by atoms with van der Waals surface area (Å²) >= 11 is 17.9. The van der Waals surface area contributed by atoms with E-state index in [4.69, 9.17) is 35.4 Å². The van der Waals surface area contributed by atoms with Gasteiger partial charge in [0, 0.05) is 19.8 Å². The van der Waals surface area contributed by atoms with Gasteiger partial charge in [-0.15, -0.1) is 0 Å². The van der Waals surface area contributed by atoms with Crippen molar-refractivity contribution in [2.45, 2.75) is 0 Å². The van der Waals surface area contributed by atoms with Crippen LogP contribution >= 0.6 is 35.4 Å². The molecule has 0 unspecified atom stereocenters. The maximum Gasteiger partial charge on any atom is 0.270 e. The standard InChI is InChI=1S/C25H19Cl2N3O2S/c1-28(2)17-10-8-16(9-11-17)14-20-23(31)29(18-6-4-3-5-7-18)25(33)30(24(20)32)19-12-13-21(26)22(27)15-19/h3-15H,1-2H3/b20-14-. The monoisotopic (exact) mass is 495 g/mol. The predicted octanol–water partition coefficient (Wildman–Crippen LogP) is 5.81. The van der Waals surface area contributed by atoms with Gasteiger partial charge in [0.15, 0.2) is 5.11 Å². The molecule has 1 saturated heterocycles. The van der Waals surface area contributed by atoms with E-state index in [2.05, 4.69) is 0 Å². The van der Waals surface area contributed by atoms with Crippen LogP contribution in [-0.2, 0) is 9.59 Å². The number of para-hydroxylation sites is 1. The van der Waals surface area contributed by atoms with E-state index in [0.29, 0.717) is 22.0 Å². The van der Waals surface area contributed by atoms with E-state index in [1.54, 1.807) is 48.5 Å². The molecule has 8 heteroatoms. The van der Waals surface area contributed by atoms with Crippen LogP contribution in [0.15, 0.2) is 78.4 Å². The summed E-state index contributed by atoms with van der Waals surface area (Å²) in [5.41, 5.74) is 2.67. The summed E-state index contributed by atoms with van der Waals surface area (Å²) in [5, 5.41) is 0.663. The van der Waals surface area contributed by atoms with Gasteiger partial charge in [-0.25, -0.2) is 0 Å². The molecule has 0 bridgehead atoms. The second kappa shape index (κ2) is 9.35. The van der Waals surface area contributed by atoms with Crippen molar-refractivity contribution in [1.82, 2.24) is 0 Å². The number of halogens is 2. The molecule has 0 N–H and O–H groups in total. The second-order valence-corrected chi connectivity index (χ2v) is 8.72. The first kappa shape index (κ1) is 23.0. The number of amides is 2. The van der Waals surface area contributed by atoms with Gasteiger partial charge in [-0.2, -0.15) is 0 Å². The van der Waals surface area contributed by atoms with E-state index < -0.39 is 11.8 Å². The quantitative estimate of drug-likeness (QED) is 0.260. The molecule has 2 amide bonds. The number of carbonyl (C=O) groups excluding carboxylic acids is 2. The van der Waals surface area contributed by atoms with Crippen LogP contribution < -0.4 is 14.7 Å². The molecule has 0 radical (unpaired) electrons. The molecular formula is C25H19Cl2N3O2S. The minimum atomic E-state index is -0.535. The van der Waals surface area contributed by atoms with Crippen LogP contribution in [0.5, 0.6) is 0 Å². The molecule has 4 rings (SSSR count). The van der Waals surface area contributed by atoms with E-state index in [1.807, 2.05) is 49.3 Å². The zero-order valence-corrected chi connectivity index (χ0v) is 20.2. The van der Waals surface area contributed by atoms with Crippen molar-refractivity contribution in [3.8, 4) is 0 Å². The molecule has 1 fully saturated rings. The van der Waals surface area contributed by atoms with Gasteiger partial charge in [-0.05, 0) is 66.3 Å². The van der Waals surface area contributed by atoms with Gasteiger partial charge < -0.3 is 4.90 Å². The average Bonchev–Trinajstić information content (AvgIpc) is 2.80. The van der Waals surface area contributed by atoms with Gasteiger partial charge in [0.25, 0.3) is 11.8 Å². The lowest BCUT2D eigenvalue weighted by atomic mass is 10.0. The van der Waals surface area contributed by atoms with E-state index in [-0.39, 0.29) is 15.7 Å². The average molecular weight is 496 g/mol. The number of rotatable bonds is 4. The molecule has 1 heterocycles. The fourth-order valence-electron chi connectivity index (χ4n) is 3.42. The van der Waals surface area contributed by atoms with Gasteiger partial charge in [0.1, 0.15) is 5.57 Å². The van der Waals surface area contributed by atoms with E-state index >= 15 is 0 Å². The highest BCUT2D eigenvalue weighted by Crippen LogP contribution is 2.33. The maximum absolute atomic E-state index is 13.5. The number of thiocarbonyl (C=S) groups is 1. The minimum Gasteiger partial charge on any atom is -0.378 e. The minimum absolute atomic E-state index is 0.0175. The number of hydrogen-bond acceptors (Lipinski definition) is 4. The Morgan fingerprint density at radius 3 is 1.97 bits per heavy atom. The van der Waals surface area contributed by atoms with Gasteiger partial charge in [0.05, 0.1) is 21.4 Å². The maximum atomic E-state index is 13.5. The Labute approximate surface area is 207 Å². The highest BCUT2D eigenvalue weighted by molar-refractivity contribution is 7.81. The van der Waals surface area contributed by atoms with E-state index in [9.17, 15) is 9.59 Å². The summed E-state index contributed by atoms with van der Waals surface area (Å²) in [6.45, 7) is 0. The SMILES string of the molecule is CN(C)c1ccc(/C=C2/C(=O)N(c3ccccc3)C(=S)N(c3ccc(Cl)c(Cl)c3)C2=O)cc1. The Kier molecular flexibility index (Phi) is 6.51. The first-order valence-electron chi connectivity index (χ1n) is 10.00. The van der Waals surface area contributed by atoms with Crippen LogP contribution in [0, 0.1) is 0 Å². The van der Waals surface area contributed by atoms with Crippen molar-refractivity contribution >= 4 is 75.5 Å². The van der Waals surface area contributed by atoms with Crippen LogP contribution in [0.25, 0.3) is 6.08 Å². The molecule has 5 nitrogen and oxygen atoms in total. The van der Waals surface area contributed by atoms with Crippen LogP contribution in [0.4, 0.5) is 17.1 Å². The number of nitrogens with zero attached hydrogens (tertiary/aromatic N) is 3. The number of benzene rings is 3. The molecule has 0 spiro atoms. The number of anilines is 3. The third-order valence-corrected chi connectivity index (χ3v) is 6.25. The predicted molar refractivity (Wildman–Crippen MR) is 139 cm³/mol. The highest BCUT2D eigenvalue weighted by Gasteiger charge is 2.41. The molecule has 0 aromatic heterocycles. The molecule has 3 aromatic carbocycles. The lowest BCUT2D eigenvalue weighted by molar-refractivity contribution is -0.120. The van der Waals surface area contributed by atoms with Crippen LogP contribution in [0.1, 0.15) is 5.56 Å². The summed E-state index contributed by atoms with van der Waals surface area (Å²) in [6, 6.07) is 21.3. The van der Waals surface area contributed by atoms with Gasteiger partial charge in [-0.1, -0.05) is 53.5 Å². The molecule has 0 saturated carbocycles. The normalized spacial score (nSPS) is 15.4. The summed E-state index contributed by atoms with van der Waals surface area (Å²) in [5.74, 6) is -1.03. The molecule has 33 heavy (non-hydrogen) atoms. The molecule has 1 aliphatic rings.